The van der Waals surface area contributed by atoms with Crippen molar-refractivity contribution in [3.8, 4) is 5.75 Å². The van der Waals surface area contributed by atoms with Gasteiger partial charge in [0.15, 0.2) is 5.82 Å². The second kappa shape index (κ2) is 5.69. The van der Waals surface area contributed by atoms with Gasteiger partial charge in [-0.3, -0.25) is 4.79 Å². The first-order valence-electron chi connectivity index (χ1n) is 6.65. The molecule has 3 N–H and O–H groups in total. The number of methoxy groups -OCH3 is 1. The molecule has 6 heteroatoms. The highest BCUT2D eigenvalue weighted by molar-refractivity contribution is 6.00. The van der Waals surface area contributed by atoms with E-state index in [0.29, 0.717) is 22.9 Å². The topological polar surface area (TPSA) is 92.8 Å². The molecular weight excluding hydrogens is 280 g/mol. The fourth-order valence-electron chi connectivity index (χ4n) is 2.17. The summed E-state index contributed by atoms with van der Waals surface area (Å²) in [6, 6.07) is 14.3. The van der Waals surface area contributed by atoms with Crippen LogP contribution in [0.15, 0.2) is 58.8 Å². The third-order valence-electron chi connectivity index (χ3n) is 3.28. The number of benzene rings is 2. The van der Waals surface area contributed by atoms with E-state index in [4.69, 9.17) is 10.5 Å². The van der Waals surface area contributed by atoms with Crippen LogP contribution in [0.1, 0.15) is 10.4 Å². The van der Waals surface area contributed by atoms with Gasteiger partial charge in [-0.1, -0.05) is 30.3 Å². The Morgan fingerprint density at radius 3 is 2.68 bits per heavy atom. The molecule has 110 valence electrons. The van der Waals surface area contributed by atoms with E-state index >= 15 is 0 Å². The van der Waals surface area contributed by atoms with Crippen molar-refractivity contribution in [2.45, 2.75) is 0 Å². The number of carbonyl (C=O) groups excluding carboxylic acids is 1. The molecular formula is C16H14N4O2. The van der Waals surface area contributed by atoms with Crippen molar-refractivity contribution < 1.29 is 9.53 Å². The zero-order valence-electron chi connectivity index (χ0n) is 11.9. The summed E-state index contributed by atoms with van der Waals surface area (Å²) in [6.45, 7) is 0. The third kappa shape index (κ3) is 2.54. The highest BCUT2D eigenvalue weighted by atomic mass is 16.5. The van der Waals surface area contributed by atoms with Crippen LogP contribution in [0, 0.1) is 0 Å². The molecule has 1 amide bonds. The van der Waals surface area contributed by atoms with E-state index in [1.165, 1.54) is 0 Å². The smallest absolute Gasteiger partial charge is 0.295 e. The van der Waals surface area contributed by atoms with Crippen LogP contribution in [0.25, 0.3) is 10.8 Å². The minimum Gasteiger partial charge on any atom is -0.497 e. The summed E-state index contributed by atoms with van der Waals surface area (Å²) in [5, 5.41) is 9.41. The first-order valence-corrected chi connectivity index (χ1v) is 6.65. The van der Waals surface area contributed by atoms with E-state index in [1.807, 2.05) is 24.3 Å². The van der Waals surface area contributed by atoms with Crippen LogP contribution in [0.2, 0.25) is 0 Å². The maximum Gasteiger partial charge on any atom is 0.295 e. The number of aromatic amines is 1. The summed E-state index contributed by atoms with van der Waals surface area (Å²) in [5.41, 5.74) is 6.28. The fraction of sp³-hybridized carbons (Fsp3) is 0.0625. The van der Waals surface area contributed by atoms with E-state index in [9.17, 15) is 4.79 Å². The zero-order valence-corrected chi connectivity index (χ0v) is 11.9. The molecule has 0 aliphatic carbocycles. The number of aromatic nitrogens is 1. The molecule has 3 rings (SSSR count). The van der Waals surface area contributed by atoms with Crippen LogP contribution >= 0.6 is 0 Å². The van der Waals surface area contributed by atoms with Crippen LogP contribution in [0.4, 0.5) is 11.6 Å². The van der Waals surface area contributed by atoms with Gasteiger partial charge >= 0.3 is 0 Å². The normalized spacial score (nSPS) is 11.1. The van der Waals surface area contributed by atoms with E-state index in [2.05, 4.69) is 15.2 Å². The number of anilines is 1. The molecule has 0 radical (unpaired) electrons. The first kappa shape index (κ1) is 13.8. The molecule has 0 aliphatic heterocycles. The van der Waals surface area contributed by atoms with Crippen LogP contribution in [-0.2, 0) is 0 Å². The Bertz CT molecular complexity index is 867. The van der Waals surface area contributed by atoms with Gasteiger partial charge in [0, 0.05) is 16.3 Å². The second-order valence-corrected chi connectivity index (χ2v) is 4.67. The third-order valence-corrected chi connectivity index (χ3v) is 3.28. The van der Waals surface area contributed by atoms with Gasteiger partial charge in [-0.25, -0.2) is 0 Å². The average molecular weight is 294 g/mol. The average Bonchev–Trinajstić information content (AvgIpc) is 2.89. The number of ether oxygens (including phenoxy) is 1. The lowest BCUT2D eigenvalue weighted by Crippen LogP contribution is -1.94. The molecule has 0 saturated heterocycles. The standard InChI is InChI=1S/C16H14N4O2/c1-22-11-6-4-5-10(9-11)16(21)20-19-15-13-8-3-2-7-12(13)14(17)18-15/h2-9,18H,17H2,1H3. The Morgan fingerprint density at radius 1 is 1.14 bits per heavy atom. The van der Waals surface area contributed by atoms with Crippen LogP contribution in [0.5, 0.6) is 5.75 Å². The Kier molecular flexibility index (Phi) is 3.57. The van der Waals surface area contributed by atoms with Gasteiger partial charge in [-0.15, -0.1) is 10.2 Å². The number of amides is 1. The number of fused-ring (bicyclic) bond motifs is 1. The van der Waals surface area contributed by atoms with Crippen molar-refractivity contribution in [3.05, 3.63) is 54.1 Å². The van der Waals surface area contributed by atoms with Crippen LogP contribution < -0.4 is 10.5 Å². The number of azo groups is 1. The summed E-state index contributed by atoms with van der Waals surface area (Å²) in [6.07, 6.45) is 0. The molecule has 1 aromatic heterocycles. The Morgan fingerprint density at radius 2 is 1.91 bits per heavy atom. The predicted molar refractivity (Wildman–Crippen MR) is 84.6 cm³/mol. The second-order valence-electron chi connectivity index (χ2n) is 4.67. The number of nitrogens with one attached hydrogen (secondary N) is 1. The molecule has 0 atom stereocenters. The summed E-state index contributed by atoms with van der Waals surface area (Å²) in [7, 11) is 1.54. The van der Waals surface area contributed by atoms with Crippen molar-refractivity contribution in [1.82, 2.24) is 4.98 Å². The SMILES string of the molecule is COc1cccc(C(=O)N=Nc2[nH]c(N)c3ccccc23)c1. The molecule has 2 aromatic carbocycles. The van der Waals surface area contributed by atoms with Gasteiger partial charge in [0.05, 0.1) is 7.11 Å². The van der Waals surface area contributed by atoms with Crippen molar-refractivity contribution in [2.75, 3.05) is 12.8 Å². The van der Waals surface area contributed by atoms with Crippen molar-refractivity contribution in [2.24, 2.45) is 10.2 Å². The van der Waals surface area contributed by atoms with E-state index < -0.39 is 5.91 Å². The number of rotatable bonds is 3. The number of carbonyl (C=O) groups is 1. The highest BCUT2D eigenvalue weighted by Crippen LogP contribution is 2.30. The Labute approximate surface area is 126 Å². The van der Waals surface area contributed by atoms with Crippen molar-refractivity contribution in [3.63, 3.8) is 0 Å². The van der Waals surface area contributed by atoms with Gasteiger partial charge in [-0.2, -0.15) is 0 Å². The number of hydrogen-bond acceptors (Lipinski definition) is 4. The molecule has 6 nitrogen and oxygen atoms in total. The fourth-order valence-corrected chi connectivity index (χ4v) is 2.17. The minimum absolute atomic E-state index is 0.409. The summed E-state index contributed by atoms with van der Waals surface area (Å²) in [5.74, 6) is 1.11. The molecule has 1 heterocycles. The molecule has 0 spiro atoms. The first-order chi connectivity index (χ1) is 10.7. The molecule has 0 aliphatic rings. The van der Waals surface area contributed by atoms with Gasteiger partial charge in [0.25, 0.3) is 5.91 Å². The quantitative estimate of drug-likeness (QED) is 0.721. The Balaban J connectivity index is 1.90. The molecule has 0 unspecified atom stereocenters. The van der Waals surface area contributed by atoms with E-state index in [-0.39, 0.29) is 0 Å². The number of nitrogen functional groups attached to an aromatic ring is 1. The van der Waals surface area contributed by atoms with Crippen LogP contribution in [-0.4, -0.2) is 18.0 Å². The molecule has 0 fully saturated rings. The molecule has 22 heavy (non-hydrogen) atoms. The number of H-pyrrole nitrogens is 1. The number of nitrogens with two attached hydrogens (primary N) is 1. The summed E-state index contributed by atoms with van der Waals surface area (Å²) in [4.78, 5) is 15.0. The zero-order chi connectivity index (χ0) is 15.5. The van der Waals surface area contributed by atoms with Gasteiger partial charge < -0.3 is 15.5 Å². The summed E-state index contributed by atoms with van der Waals surface area (Å²) >= 11 is 0. The van der Waals surface area contributed by atoms with Crippen molar-refractivity contribution in [1.29, 1.82) is 0 Å². The maximum atomic E-state index is 12.1. The van der Waals surface area contributed by atoms with E-state index in [1.54, 1.807) is 31.4 Å². The van der Waals surface area contributed by atoms with Gasteiger partial charge in [0.2, 0.25) is 0 Å². The van der Waals surface area contributed by atoms with Crippen LogP contribution in [0.3, 0.4) is 0 Å². The highest BCUT2D eigenvalue weighted by Gasteiger charge is 2.09. The predicted octanol–water partition coefficient (Wildman–Crippen LogP) is 3.68. The minimum atomic E-state index is -0.448. The Hall–Kier alpha value is -3.15. The monoisotopic (exact) mass is 294 g/mol. The van der Waals surface area contributed by atoms with Crippen molar-refractivity contribution >= 4 is 28.3 Å². The van der Waals surface area contributed by atoms with E-state index in [0.717, 1.165) is 10.8 Å². The number of nitrogens with zero attached hydrogens (tertiary/aromatic N) is 2. The van der Waals surface area contributed by atoms with Gasteiger partial charge in [0.1, 0.15) is 11.6 Å². The lowest BCUT2D eigenvalue weighted by molar-refractivity contribution is 0.0994. The molecule has 0 bridgehead atoms. The largest absolute Gasteiger partial charge is 0.497 e. The lowest BCUT2D eigenvalue weighted by atomic mass is 10.2. The maximum absolute atomic E-state index is 12.1. The van der Waals surface area contributed by atoms with Gasteiger partial charge in [-0.05, 0) is 18.2 Å². The lowest BCUT2D eigenvalue weighted by Gasteiger charge is -2.00. The molecule has 3 aromatic rings. The number of hydrogen-bond donors (Lipinski definition) is 2. The molecule has 0 saturated carbocycles. The summed E-state index contributed by atoms with van der Waals surface area (Å²) < 4.78 is 5.08.